The highest BCUT2D eigenvalue weighted by Gasteiger charge is 2.27. The Bertz CT molecular complexity index is 774. The van der Waals surface area contributed by atoms with Gasteiger partial charge in [-0.3, -0.25) is 0 Å². The van der Waals surface area contributed by atoms with Crippen molar-refractivity contribution in [1.82, 2.24) is 9.36 Å². The molecule has 4 nitrogen and oxygen atoms in total. The van der Waals surface area contributed by atoms with Crippen LogP contribution >= 0.6 is 11.5 Å². The molecular formula is C17H18N4S. The minimum absolute atomic E-state index is 0.626. The largest absolute Gasteiger partial charge is 0.383 e. The second kappa shape index (κ2) is 5.93. The predicted molar refractivity (Wildman–Crippen MR) is 92.8 cm³/mol. The Morgan fingerprint density at radius 2 is 1.82 bits per heavy atom. The van der Waals surface area contributed by atoms with Crippen LogP contribution in [0.25, 0.3) is 10.8 Å². The zero-order chi connectivity index (χ0) is 14.8. The van der Waals surface area contributed by atoms with Gasteiger partial charge in [0, 0.05) is 41.6 Å². The summed E-state index contributed by atoms with van der Waals surface area (Å²) in [6.07, 6.45) is 2.50. The molecule has 0 radical (unpaired) electrons. The number of nitrogens with one attached hydrogen (secondary N) is 2. The third-order valence-electron chi connectivity index (χ3n) is 3.89. The normalized spacial score (nSPS) is 14.2. The lowest BCUT2D eigenvalue weighted by Crippen LogP contribution is -2.13. The maximum Gasteiger partial charge on any atom is 0.202 e. The van der Waals surface area contributed by atoms with Gasteiger partial charge in [-0.15, -0.1) is 0 Å². The molecule has 22 heavy (non-hydrogen) atoms. The van der Waals surface area contributed by atoms with Crippen LogP contribution in [0.2, 0.25) is 0 Å². The fourth-order valence-electron chi connectivity index (χ4n) is 2.56. The van der Waals surface area contributed by atoms with E-state index in [0.717, 1.165) is 24.0 Å². The van der Waals surface area contributed by atoms with E-state index in [2.05, 4.69) is 62.5 Å². The van der Waals surface area contributed by atoms with Crippen LogP contribution in [-0.2, 0) is 0 Å². The van der Waals surface area contributed by atoms with Crippen LogP contribution in [0.15, 0.2) is 42.5 Å². The van der Waals surface area contributed by atoms with Gasteiger partial charge >= 0.3 is 0 Å². The molecule has 1 aromatic heterocycles. The van der Waals surface area contributed by atoms with E-state index in [4.69, 9.17) is 0 Å². The second-order valence-electron chi connectivity index (χ2n) is 5.61. The number of hydrogen-bond acceptors (Lipinski definition) is 5. The van der Waals surface area contributed by atoms with Gasteiger partial charge in [0.05, 0.1) is 0 Å². The Labute approximate surface area is 133 Å². The van der Waals surface area contributed by atoms with Crippen molar-refractivity contribution in [3.8, 4) is 0 Å². The first kappa shape index (κ1) is 13.5. The van der Waals surface area contributed by atoms with Crippen LogP contribution in [0.5, 0.6) is 0 Å². The van der Waals surface area contributed by atoms with Gasteiger partial charge in [-0.2, -0.15) is 4.37 Å². The van der Waals surface area contributed by atoms with E-state index in [0.29, 0.717) is 5.92 Å². The highest BCUT2D eigenvalue weighted by atomic mass is 32.1. The van der Waals surface area contributed by atoms with Crippen LogP contribution in [0.3, 0.4) is 0 Å². The van der Waals surface area contributed by atoms with Crippen molar-refractivity contribution in [3.05, 3.63) is 48.3 Å². The Balaban J connectivity index is 1.34. The van der Waals surface area contributed by atoms with E-state index in [1.807, 2.05) is 0 Å². The van der Waals surface area contributed by atoms with Crippen LogP contribution in [0.4, 0.5) is 10.8 Å². The smallest absolute Gasteiger partial charge is 0.202 e. The third kappa shape index (κ3) is 2.90. The Hall–Kier alpha value is -2.14. The van der Waals surface area contributed by atoms with Crippen LogP contribution in [0, 0.1) is 0 Å². The van der Waals surface area contributed by atoms with Crippen molar-refractivity contribution in [2.24, 2.45) is 0 Å². The van der Waals surface area contributed by atoms with Gasteiger partial charge in [0.15, 0.2) is 0 Å². The molecule has 5 heteroatoms. The molecule has 112 valence electrons. The number of aromatic nitrogens is 2. The molecule has 1 aliphatic rings. The molecule has 0 aliphatic heterocycles. The van der Waals surface area contributed by atoms with Gasteiger partial charge < -0.3 is 10.6 Å². The summed E-state index contributed by atoms with van der Waals surface area (Å²) >= 11 is 1.47. The summed E-state index contributed by atoms with van der Waals surface area (Å²) in [6.45, 7) is 1.69. The Morgan fingerprint density at radius 3 is 2.73 bits per heavy atom. The zero-order valence-corrected chi connectivity index (χ0v) is 13.1. The van der Waals surface area contributed by atoms with E-state index in [1.165, 1.54) is 40.8 Å². The molecule has 1 saturated carbocycles. The van der Waals surface area contributed by atoms with Gasteiger partial charge in [0.25, 0.3) is 0 Å². The third-order valence-corrected chi connectivity index (χ3v) is 4.58. The lowest BCUT2D eigenvalue weighted by atomic mass is 10.1. The topological polar surface area (TPSA) is 49.8 Å². The number of anilines is 2. The minimum atomic E-state index is 0.626. The number of fused-ring (bicyclic) bond motifs is 1. The minimum Gasteiger partial charge on any atom is -0.383 e. The first-order valence-corrected chi connectivity index (χ1v) is 8.46. The average Bonchev–Trinajstić information content (AvgIpc) is 3.31. The summed E-state index contributed by atoms with van der Waals surface area (Å²) in [6, 6.07) is 14.8. The molecule has 1 aliphatic carbocycles. The molecule has 2 N–H and O–H groups in total. The van der Waals surface area contributed by atoms with Gasteiger partial charge in [-0.1, -0.05) is 36.4 Å². The summed E-state index contributed by atoms with van der Waals surface area (Å²) < 4.78 is 4.40. The second-order valence-corrected chi connectivity index (χ2v) is 6.36. The lowest BCUT2D eigenvalue weighted by molar-refractivity contribution is 0.978. The fraction of sp³-hybridized carbons (Fsp3) is 0.294. The monoisotopic (exact) mass is 310 g/mol. The summed E-state index contributed by atoms with van der Waals surface area (Å²) in [4.78, 5) is 4.54. The predicted octanol–water partition coefficient (Wildman–Crippen LogP) is 4.09. The molecule has 0 amide bonds. The molecule has 0 bridgehead atoms. The molecule has 4 rings (SSSR count). The quantitative estimate of drug-likeness (QED) is 0.673. The fourth-order valence-corrected chi connectivity index (χ4v) is 3.23. The summed E-state index contributed by atoms with van der Waals surface area (Å²) in [5, 5.41) is 10.3. The van der Waals surface area contributed by atoms with Gasteiger partial charge in [-0.05, 0) is 24.3 Å². The van der Waals surface area contributed by atoms with Crippen molar-refractivity contribution in [2.75, 3.05) is 23.7 Å². The molecule has 1 fully saturated rings. The van der Waals surface area contributed by atoms with Crippen molar-refractivity contribution in [3.63, 3.8) is 0 Å². The molecule has 0 unspecified atom stereocenters. The van der Waals surface area contributed by atoms with E-state index in [-0.39, 0.29) is 0 Å². The maximum atomic E-state index is 4.54. The first-order chi connectivity index (χ1) is 10.9. The number of benzene rings is 2. The first-order valence-electron chi connectivity index (χ1n) is 7.69. The standard InChI is InChI=1S/C17H18N4S/c1-2-6-14-12(4-1)5-3-7-15(14)18-10-11-19-17-20-16(21-22-17)13-8-9-13/h1-7,13,18H,8-11H2,(H,19,20,21). The average molecular weight is 310 g/mol. The number of hydrogen-bond donors (Lipinski definition) is 2. The van der Waals surface area contributed by atoms with E-state index in [9.17, 15) is 0 Å². The van der Waals surface area contributed by atoms with Crippen LogP contribution in [0.1, 0.15) is 24.6 Å². The number of nitrogens with zero attached hydrogens (tertiary/aromatic N) is 2. The van der Waals surface area contributed by atoms with Crippen molar-refractivity contribution in [2.45, 2.75) is 18.8 Å². The maximum absolute atomic E-state index is 4.54. The molecule has 0 spiro atoms. The molecule has 1 heterocycles. The summed E-state index contributed by atoms with van der Waals surface area (Å²) in [5.41, 5.74) is 1.18. The molecule has 3 aromatic rings. The zero-order valence-electron chi connectivity index (χ0n) is 12.2. The van der Waals surface area contributed by atoms with Gasteiger partial charge in [-0.25, -0.2) is 4.98 Å². The highest BCUT2D eigenvalue weighted by molar-refractivity contribution is 7.09. The summed E-state index contributed by atoms with van der Waals surface area (Å²) in [5.74, 6) is 1.65. The van der Waals surface area contributed by atoms with Crippen molar-refractivity contribution < 1.29 is 0 Å². The highest BCUT2D eigenvalue weighted by Crippen LogP contribution is 2.39. The van der Waals surface area contributed by atoms with Crippen LogP contribution < -0.4 is 10.6 Å². The summed E-state index contributed by atoms with van der Waals surface area (Å²) in [7, 11) is 0. The lowest BCUT2D eigenvalue weighted by Gasteiger charge is -2.10. The SMILES string of the molecule is c1ccc2c(NCCNc3nc(C4CC4)ns3)cccc2c1. The van der Waals surface area contributed by atoms with E-state index < -0.39 is 0 Å². The van der Waals surface area contributed by atoms with E-state index >= 15 is 0 Å². The van der Waals surface area contributed by atoms with E-state index in [1.54, 1.807) is 0 Å². The molecule has 0 saturated heterocycles. The molecular weight excluding hydrogens is 292 g/mol. The van der Waals surface area contributed by atoms with Crippen LogP contribution in [-0.4, -0.2) is 22.4 Å². The van der Waals surface area contributed by atoms with Gasteiger partial charge in [0.1, 0.15) is 5.82 Å². The van der Waals surface area contributed by atoms with Crippen molar-refractivity contribution in [1.29, 1.82) is 0 Å². The molecule has 2 aromatic carbocycles. The Morgan fingerprint density at radius 1 is 1.00 bits per heavy atom. The number of rotatable bonds is 6. The molecule has 0 atom stereocenters. The van der Waals surface area contributed by atoms with Gasteiger partial charge in [0.2, 0.25) is 5.13 Å². The van der Waals surface area contributed by atoms with Crippen molar-refractivity contribution >= 4 is 33.1 Å². The Kier molecular flexibility index (Phi) is 3.64.